The summed E-state index contributed by atoms with van der Waals surface area (Å²) >= 11 is 0. The van der Waals surface area contributed by atoms with Gasteiger partial charge in [-0.05, 0) is 115 Å². The standard InChI is InChI=1S/C56H48N4/c1-36-31-38(3)51(39(4)32-36)53(52-40(5)33-37(2)34-41(52)6)49-29-30-50(48-28-17-16-27-47(48)49)60(46-26-18-25-45(35-46)42-19-10-7-11-20-42)56-58-54(43-21-12-8-13-22-43)57-55(59-56)44-23-14-9-15-24-44/h7-35,53H,1-6H3. The summed E-state index contributed by atoms with van der Waals surface area (Å²) in [6.07, 6.45) is 0. The quantitative estimate of drug-likeness (QED) is 0.137. The zero-order chi connectivity index (χ0) is 41.3. The molecular formula is C56H48N4. The molecule has 292 valence electrons. The molecule has 8 aromatic carbocycles. The Bertz CT molecular complexity index is 2830. The second-order valence-corrected chi connectivity index (χ2v) is 16.0. The van der Waals surface area contributed by atoms with E-state index in [2.05, 4.69) is 186 Å². The molecule has 0 N–H and O–H groups in total. The van der Waals surface area contributed by atoms with E-state index in [0.29, 0.717) is 17.6 Å². The molecule has 1 aromatic heterocycles. The molecule has 0 aliphatic carbocycles. The molecule has 9 rings (SSSR count). The summed E-state index contributed by atoms with van der Waals surface area (Å²) < 4.78 is 0. The van der Waals surface area contributed by atoms with Gasteiger partial charge in [0.05, 0.1) is 5.69 Å². The molecule has 0 bridgehead atoms. The molecule has 0 amide bonds. The number of anilines is 3. The average molecular weight is 777 g/mol. The van der Waals surface area contributed by atoms with Gasteiger partial charge in [-0.3, -0.25) is 4.90 Å². The van der Waals surface area contributed by atoms with Gasteiger partial charge in [0.15, 0.2) is 11.6 Å². The van der Waals surface area contributed by atoms with Crippen molar-refractivity contribution in [3.8, 4) is 33.9 Å². The first-order chi connectivity index (χ1) is 29.2. The summed E-state index contributed by atoms with van der Waals surface area (Å²) in [6.45, 7) is 13.5. The van der Waals surface area contributed by atoms with Gasteiger partial charge in [0.25, 0.3) is 0 Å². The number of benzene rings is 8. The fraction of sp³-hybridized carbons (Fsp3) is 0.125. The Hall–Kier alpha value is -7.17. The van der Waals surface area contributed by atoms with Crippen LogP contribution in [0.5, 0.6) is 0 Å². The van der Waals surface area contributed by atoms with Crippen LogP contribution in [0.15, 0.2) is 176 Å². The summed E-state index contributed by atoms with van der Waals surface area (Å²) in [4.78, 5) is 17.9. The maximum atomic E-state index is 5.31. The van der Waals surface area contributed by atoms with Crippen LogP contribution >= 0.6 is 0 Å². The number of hydrogen-bond acceptors (Lipinski definition) is 4. The van der Waals surface area contributed by atoms with E-state index in [-0.39, 0.29) is 5.92 Å². The van der Waals surface area contributed by atoms with Crippen LogP contribution in [0.2, 0.25) is 0 Å². The van der Waals surface area contributed by atoms with E-state index in [1.54, 1.807) is 0 Å². The second kappa shape index (κ2) is 16.2. The summed E-state index contributed by atoms with van der Waals surface area (Å²) in [6, 6.07) is 62.4. The van der Waals surface area contributed by atoms with Crippen LogP contribution in [0.25, 0.3) is 44.7 Å². The minimum Gasteiger partial charge on any atom is -0.278 e. The van der Waals surface area contributed by atoms with Crippen molar-refractivity contribution in [1.82, 2.24) is 15.0 Å². The van der Waals surface area contributed by atoms with Crippen molar-refractivity contribution < 1.29 is 0 Å². The van der Waals surface area contributed by atoms with Crippen LogP contribution in [0.1, 0.15) is 56.0 Å². The molecule has 0 unspecified atom stereocenters. The first-order valence-corrected chi connectivity index (χ1v) is 20.7. The molecule has 0 radical (unpaired) electrons. The normalized spacial score (nSPS) is 11.3. The van der Waals surface area contributed by atoms with Gasteiger partial charge in [-0.15, -0.1) is 0 Å². The lowest BCUT2D eigenvalue weighted by molar-refractivity contribution is 0.927. The zero-order valence-corrected chi connectivity index (χ0v) is 35.1. The van der Waals surface area contributed by atoms with E-state index >= 15 is 0 Å². The maximum absolute atomic E-state index is 5.31. The SMILES string of the molecule is Cc1cc(C)c(C(c2c(C)cc(C)cc2C)c2ccc(N(c3cccc(-c4ccccc4)c3)c3nc(-c4ccccc4)nc(-c4ccccc4)n3)c3ccccc23)c(C)c1. The summed E-state index contributed by atoms with van der Waals surface area (Å²) in [5.41, 5.74) is 17.8. The lowest BCUT2D eigenvalue weighted by Gasteiger charge is -2.30. The Morgan fingerprint density at radius 2 is 0.833 bits per heavy atom. The molecule has 0 fully saturated rings. The highest BCUT2D eigenvalue weighted by atomic mass is 15.3. The molecule has 0 spiro atoms. The molecule has 4 nitrogen and oxygen atoms in total. The Morgan fingerprint density at radius 3 is 1.35 bits per heavy atom. The van der Waals surface area contributed by atoms with E-state index < -0.39 is 0 Å². The van der Waals surface area contributed by atoms with Crippen LogP contribution < -0.4 is 4.90 Å². The van der Waals surface area contributed by atoms with Crippen molar-refractivity contribution in [2.45, 2.75) is 47.5 Å². The van der Waals surface area contributed by atoms with E-state index in [9.17, 15) is 0 Å². The van der Waals surface area contributed by atoms with Crippen molar-refractivity contribution in [1.29, 1.82) is 0 Å². The van der Waals surface area contributed by atoms with Crippen molar-refractivity contribution in [2.75, 3.05) is 4.90 Å². The molecule has 60 heavy (non-hydrogen) atoms. The van der Waals surface area contributed by atoms with E-state index in [0.717, 1.165) is 39.0 Å². The molecule has 0 saturated heterocycles. The highest BCUT2D eigenvalue weighted by molar-refractivity contribution is 6.01. The van der Waals surface area contributed by atoms with Gasteiger partial charge in [0.1, 0.15) is 0 Å². The van der Waals surface area contributed by atoms with Gasteiger partial charge in [-0.25, -0.2) is 4.98 Å². The Labute approximate surface area is 353 Å². The lowest BCUT2D eigenvalue weighted by atomic mass is 9.75. The van der Waals surface area contributed by atoms with Crippen molar-refractivity contribution in [3.05, 3.63) is 226 Å². The Kier molecular flexibility index (Phi) is 10.4. The van der Waals surface area contributed by atoms with E-state index in [1.807, 2.05) is 36.4 Å². The first kappa shape index (κ1) is 38.4. The smallest absolute Gasteiger partial charge is 0.238 e. The third-order valence-electron chi connectivity index (χ3n) is 11.6. The van der Waals surface area contributed by atoms with Gasteiger partial charge >= 0.3 is 0 Å². The zero-order valence-electron chi connectivity index (χ0n) is 35.1. The van der Waals surface area contributed by atoms with Crippen LogP contribution in [0.4, 0.5) is 17.3 Å². The average Bonchev–Trinajstić information content (AvgIpc) is 3.26. The molecule has 0 aliphatic heterocycles. The van der Waals surface area contributed by atoms with E-state index in [4.69, 9.17) is 15.0 Å². The van der Waals surface area contributed by atoms with Crippen molar-refractivity contribution in [3.63, 3.8) is 0 Å². The summed E-state index contributed by atoms with van der Waals surface area (Å²) in [5.74, 6) is 1.77. The molecule has 1 heterocycles. The fourth-order valence-corrected chi connectivity index (χ4v) is 9.22. The van der Waals surface area contributed by atoms with Crippen LogP contribution in [0, 0.1) is 41.5 Å². The predicted octanol–water partition coefficient (Wildman–Crippen LogP) is 14.5. The number of rotatable bonds is 9. The molecule has 0 saturated carbocycles. The first-order valence-electron chi connectivity index (χ1n) is 20.7. The highest BCUT2D eigenvalue weighted by Gasteiger charge is 2.28. The van der Waals surface area contributed by atoms with E-state index in [1.165, 1.54) is 55.5 Å². The number of nitrogens with zero attached hydrogens (tertiary/aromatic N) is 4. The highest BCUT2D eigenvalue weighted by Crippen LogP contribution is 2.46. The third kappa shape index (κ3) is 7.37. The Balaban J connectivity index is 1.34. The third-order valence-corrected chi connectivity index (χ3v) is 11.6. The van der Waals surface area contributed by atoms with Crippen molar-refractivity contribution >= 4 is 28.1 Å². The van der Waals surface area contributed by atoms with Gasteiger partial charge in [-0.2, -0.15) is 9.97 Å². The monoisotopic (exact) mass is 776 g/mol. The van der Waals surface area contributed by atoms with Gasteiger partial charge in [0.2, 0.25) is 5.95 Å². The molecular weight excluding hydrogens is 729 g/mol. The topological polar surface area (TPSA) is 41.9 Å². The van der Waals surface area contributed by atoms with Crippen molar-refractivity contribution in [2.24, 2.45) is 0 Å². The van der Waals surface area contributed by atoms with Crippen LogP contribution in [-0.2, 0) is 0 Å². The fourth-order valence-electron chi connectivity index (χ4n) is 9.22. The summed E-state index contributed by atoms with van der Waals surface area (Å²) in [7, 11) is 0. The molecule has 0 atom stereocenters. The Morgan fingerprint density at radius 1 is 0.383 bits per heavy atom. The second-order valence-electron chi connectivity index (χ2n) is 16.0. The number of fused-ring (bicyclic) bond motifs is 1. The van der Waals surface area contributed by atoms with Gasteiger partial charge in [0, 0.05) is 28.1 Å². The largest absolute Gasteiger partial charge is 0.278 e. The minimum absolute atomic E-state index is 0.00607. The van der Waals surface area contributed by atoms with Gasteiger partial charge < -0.3 is 0 Å². The van der Waals surface area contributed by atoms with Crippen LogP contribution in [0.3, 0.4) is 0 Å². The predicted molar refractivity (Wildman–Crippen MR) is 251 cm³/mol. The molecule has 4 heteroatoms. The minimum atomic E-state index is 0.00607. The number of aryl methyl sites for hydroxylation is 6. The number of hydrogen-bond donors (Lipinski definition) is 0. The van der Waals surface area contributed by atoms with Gasteiger partial charge in [-0.1, -0.05) is 169 Å². The maximum Gasteiger partial charge on any atom is 0.238 e. The summed E-state index contributed by atoms with van der Waals surface area (Å²) in [5, 5.41) is 2.29. The van der Waals surface area contributed by atoms with Crippen LogP contribution in [-0.4, -0.2) is 15.0 Å². The lowest BCUT2D eigenvalue weighted by Crippen LogP contribution is -2.17. The molecule has 9 aromatic rings. The molecule has 0 aliphatic rings. The number of aromatic nitrogens is 3.